The number of aromatic hydroxyl groups is 2. The van der Waals surface area contributed by atoms with Crippen LogP contribution >= 0.6 is 0 Å². The minimum absolute atomic E-state index is 0.106. The molecule has 4 nitrogen and oxygen atoms in total. The molecule has 0 aliphatic rings. The average Bonchev–Trinajstić information content (AvgIpc) is 2.26. The van der Waals surface area contributed by atoms with Crippen LogP contribution in [0.15, 0.2) is 18.2 Å². The van der Waals surface area contributed by atoms with Crippen LogP contribution in [0.3, 0.4) is 0 Å². The highest BCUT2D eigenvalue weighted by Gasteiger charge is 2.15. The summed E-state index contributed by atoms with van der Waals surface area (Å²) in [5, 5.41) is 22.6. The van der Waals surface area contributed by atoms with E-state index >= 15 is 0 Å². The monoisotopic (exact) mass is 239 g/mol. The van der Waals surface area contributed by atoms with Crippen molar-refractivity contribution in [2.75, 3.05) is 13.2 Å². The number of phenols is 2. The second-order valence-corrected chi connectivity index (χ2v) is 4.11. The molecule has 1 aromatic rings. The zero-order chi connectivity index (χ0) is 12.8. The molecule has 3 N–H and O–H groups in total. The molecular formula is C13H21NO3. The Bertz CT molecular complexity index is 334. The van der Waals surface area contributed by atoms with Crippen molar-refractivity contribution in [2.45, 2.75) is 32.9 Å². The lowest BCUT2D eigenvalue weighted by Crippen LogP contribution is -2.29. The molecule has 0 fully saturated rings. The van der Waals surface area contributed by atoms with E-state index in [1.807, 2.05) is 20.8 Å². The molecule has 0 bridgehead atoms. The zero-order valence-electron chi connectivity index (χ0n) is 10.6. The average molecular weight is 239 g/mol. The maximum absolute atomic E-state index is 9.70. The highest BCUT2D eigenvalue weighted by molar-refractivity contribution is 5.44. The van der Waals surface area contributed by atoms with E-state index in [1.165, 1.54) is 0 Å². The van der Waals surface area contributed by atoms with Crippen molar-refractivity contribution in [1.82, 2.24) is 5.32 Å². The first-order valence-electron chi connectivity index (χ1n) is 5.92. The van der Waals surface area contributed by atoms with Gasteiger partial charge in [0.25, 0.3) is 0 Å². The second-order valence-electron chi connectivity index (χ2n) is 4.11. The smallest absolute Gasteiger partial charge is 0.124 e. The summed E-state index contributed by atoms with van der Waals surface area (Å²) >= 11 is 0. The van der Waals surface area contributed by atoms with Crippen LogP contribution in [0.4, 0.5) is 0 Å². The van der Waals surface area contributed by atoms with Crippen molar-refractivity contribution in [3.63, 3.8) is 0 Å². The summed E-state index contributed by atoms with van der Waals surface area (Å²) in [6, 6.07) is 4.63. The van der Waals surface area contributed by atoms with Crippen LogP contribution in [0.1, 0.15) is 32.4 Å². The van der Waals surface area contributed by atoms with Gasteiger partial charge in [-0.2, -0.15) is 0 Å². The number of hydrogen-bond donors (Lipinski definition) is 3. The molecule has 2 unspecified atom stereocenters. The Morgan fingerprint density at radius 1 is 1.24 bits per heavy atom. The third kappa shape index (κ3) is 3.91. The van der Waals surface area contributed by atoms with Crippen LogP contribution in [0, 0.1) is 0 Å². The van der Waals surface area contributed by atoms with Crippen LogP contribution in [0.25, 0.3) is 0 Å². The van der Waals surface area contributed by atoms with Crippen LogP contribution in [-0.4, -0.2) is 29.5 Å². The summed E-state index contributed by atoms with van der Waals surface area (Å²) in [5.41, 5.74) is 0.524. The van der Waals surface area contributed by atoms with E-state index in [0.717, 1.165) is 0 Å². The lowest BCUT2D eigenvalue weighted by molar-refractivity contribution is 0.0742. The fourth-order valence-electron chi connectivity index (χ4n) is 1.77. The Morgan fingerprint density at radius 3 is 2.35 bits per heavy atom. The lowest BCUT2D eigenvalue weighted by Gasteiger charge is -2.19. The van der Waals surface area contributed by atoms with E-state index in [4.69, 9.17) is 4.74 Å². The van der Waals surface area contributed by atoms with Gasteiger partial charge in [0.1, 0.15) is 11.5 Å². The standard InChI is InChI=1S/C13H21NO3/c1-4-17-9(2)8-14-10(3)13-11(15)6-5-7-12(13)16/h5-7,9-10,14-16H,4,8H2,1-3H3. The number of nitrogens with one attached hydrogen (secondary N) is 1. The van der Waals surface area contributed by atoms with Crippen molar-refractivity contribution in [1.29, 1.82) is 0 Å². The summed E-state index contributed by atoms with van der Waals surface area (Å²) < 4.78 is 5.40. The van der Waals surface area contributed by atoms with E-state index in [9.17, 15) is 10.2 Å². The topological polar surface area (TPSA) is 61.7 Å². The molecule has 0 radical (unpaired) electrons. The number of hydrogen-bond acceptors (Lipinski definition) is 4. The van der Waals surface area contributed by atoms with E-state index in [0.29, 0.717) is 18.7 Å². The van der Waals surface area contributed by atoms with Crippen LogP contribution in [0.5, 0.6) is 11.5 Å². The van der Waals surface area contributed by atoms with Gasteiger partial charge >= 0.3 is 0 Å². The molecule has 17 heavy (non-hydrogen) atoms. The molecule has 1 aromatic carbocycles. The first kappa shape index (κ1) is 13.8. The van der Waals surface area contributed by atoms with Gasteiger partial charge in [-0.1, -0.05) is 6.07 Å². The molecule has 0 aliphatic heterocycles. The maximum Gasteiger partial charge on any atom is 0.124 e. The quantitative estimate of drug-likeness (QED) is 0.712. The van der Waals surface area contributed by atoms with Crippen molar-refractivity contribution < 1.29 is 14.9 Å². The van der Waals surface area contributed by atoms with Gasteiger partial charge in [-0.25, -0.2) is 0 Å². The Hall–Kier alpha value is -1.26. The normalized spacial score (nSPS) is 14.5. The summed E-state index contributed by atoms with van der Waals surface area (Å²) in [6.07, 6.45) is 0.107. The maximum atomic E-state index is 9.70. The second kappa shape index (κ2) is 6.47. The molecule has 96 valence electrons. The largest absolute Gasteiger partial charge is 0.507 e. The van der Waals surface area contributed by atoms with Gasteiger partial charge in [0.15, 0.2) is 0 Å². The number of benzene rings is 1. The first-order chi connectivity index (χ1) is 8.06. The SMILES string of the molecule is CCOC(C)CNC(C)c1c(O)cccc1O. The predicted octanol–water partition coefficient (Wildman–Crippen LogP) is 2.17. The Kier molecular flexibility index (Phi) is 5.25. The number of rotatable bonds is 6. The molecule has 2 atom stereocenters. The minimum atomic E-state index is -0.126. The lowest BCUT2D eigenvalue weighted by atomic mass is 10.1. The number of phenolic OH excluding ortho intramolecular Hbond substituents is 2. The molecular weight excluding hydrogens is 218 g/mol. The van der Waals surface area contributed by atoms with Gasteiger partial charge in [-0.3, -0.25) is 0 Å². The van der Waals surface area contributed by atoms with Gasteiger partial charge in [-0.15, -0.1) is 0 Å². The highest BCUT2D eigenvalue weighted by Crippen LogP contribution is 2.31. The molecule has 0 aromatic heterocycles. The van der Waals surface area contributed by atoms with Gasteiger partial charge < -0.3 is 20.3 Å². The van der Waals surface area contributed by atoms with Crippen molar-refractivity contribution in [2.24, 2.45) is 0 Å². The fraction of sp³-hybridized carbons (Fsp3) is 0.538. The Labute approximate surface area is 102 Å². The first-order valence-corrected chi connectivity index (χ1v) is 5.92. The fourth-order valence-corrected chi connectivity index (χ4v) is 1.77. The Morgan fingerprint density at radius 2 is 1.82 bits per heavy atom. The molecule has 4 heteroatoms. The molecule has 1 rings (SSSR count). The van der Waals surface area contributed by atoms with E-state index in [1.54, 1.807) is 18.2 Å². The van der Waals surface area contributed by atoms with Crippen molar-refractivity contribution in [3.8, 4) is 11.5 Å². The van der Waals surface area contributed by atoms with E-state index < -0.39 is 0 Å². The highest BCUT2D eigenvalue weighted by atomic mass is 16.5. The molecule has 0 spiro atoms. The molecule has 0 saturated heterocycles. The third-order valence-corrected chi connectivity index (χ3v) is 2.66. The molecule has 0 amide bonds. The van der Waals surface area contributed by atoms with Crippen LogP contribution in [0.2, 0.25) is 0 Å². The van der Waals surface area contributed by atoms with Crippen molar-refractivity contribution in [3.05, 3.63) is 23.8 Å². The predicted molar refractivity (Wildman–Crippen MR) is 67.3 cm³/mol. The summed E-state index contributed by atoms with van der Waals surface area (Å²) in [6.45, 7) is 7.18. The van der Waals surface area contributed by atoms with Gasteiger partial charge in [0.05, 0.1) is 11.7 Å². The third-order valence-electron chi connectivity index (χ3n) is 2.66. The van der Waals surface area contributed by atoms with Crippen LogP contribution < -0.4 is 5.32 Å². The molecule has 0 heterocycles. The van der Waals surface area contributed by atoms with Gasteiger partial charge in [0.2, 0.25) is 0 Å². The van der Waals surface area contributed by atoms with E-state index in [2.05, 4.69) is 5.32 Å². The zero-order valence-corrected chi connectivity index (χ0v) is 10.6. The Balaban J connectivity index is 2.61. The van der Waals surface area contributed by atoms with Gasteiger partial charge in [0, 0.05) is 19.2 Å². The van der Waals surface area contributed by atoms with Gasteiger partial charge in [-0.05, 0) is 32.9 Å². The van der Waals surface area contributed by atoms with E-state index in [-0.39, 0.29) is 23.6 Å². The summed E-state index contributed by atoms with van der Waals surface area (Å²) in [7, 11) is 0. The number of ether oxygens (including phenoxy) is 1. The van der Waals surface area contributed by atoms with Crippen LogP contribution in [-0.2, 0) is 4.74 Å². The molecule has 0 saturated carbocycles. The minimum Gasteiger partial charge on any atom is -0.507 e. The molecule has 0 aliphatic carbocycles. The summed E-state index contributed by atoms with van der Waals surface area (Å²) in [5.74, 6) is 0.211. The summed E-state index contributed by atoms with van der Waals surface area (Å²) in [4.78, 5) is 0. The van der Waals surface area contributed by atoms with Crippen molar-refractivity contribution >= 4 is 0 Å².